The summed E-state index contributed by atoms with van der Waals surface area (Å²) in [6.07, 6.45) is 4.87. The predicted molar refractivity (Wildman–Crippen MR) is 72.4 cm³/mol. The van der Waals surface area contributed by atoms with Crippen LogP contribution in [0.2, 0.25) is 0 Å². The molecule has 0 amide bonds. The maximum absolute atomic E-state index is 10.9. The number of carboxylic acid groups (broad SMARTS) is 1. The molecule has 0 aromatic carbocycles. The molecule has 1 heterocycles. The molecule has 2 rings (SSSR count). The van der Waals surface area contributed by atoms with Crippen molar-refractivity contribution in [1.82, 2.24) is 4.98 Å². The quantitative estimate of drug-likeness (QED) is 0.908. The molecule has 1 aromatic heterocycles. The number of nitrogens with zero attached hydrogens (tertiary/aromatic N) is 1. The molecule has 2 unspecified atom stereocenters. The van der Waals surface area contributed by atoms with Crippen LogP contribution in [-0.4, -0.2) is 22.2 Å². The first-order valence-corrected chi connectivity index (χ1v) is 6.72. The van der Waals surface area contributed by atoms with Gasteiger partial charge in [-0.1, -0.05) is 20.8 Å². The number of carbonyl (C=O) groups is 1. The molecule has 0 radical (unpaired) electrons. The van der Waals surface area contributed by atoms with E-state index in [9.17, 15) is 4.79 Å². The van der Waals surface area contributed by atoms with Gasteiger partial charge in [-0.05, 0) is 36.7 Å². The number of pyridine rings is 1. The minimum Gasteiger partial charge on any atom is -0.490 e. The highest BCUT2D eigenvalue weighted by atomic mass is 16.5. The summed E-state index contributed by atoms with van der Waals surface area (Å²) in [4.78, 5) is 14.7. The average molecular weight is 263 g/mol. The molecule has 0 saturated heterocycles. The molecular weight excluding hydrogens is 242 g/mol. The molecule has 1 saturated carbocycles. The number of aromatic carboxylic acids is 1. The summed E-state index contributed by atoms with van der Waals surface area (Å²) in [7, 11) is 0. The van der Waals surface area contributed by atoms with Gasteiger partial charge in [0.15, 0.2) is 5.69 Å². The van der Waals surface area contributed by atoms with Crippen LogP contribution in [0.3, 0.4) is 0 Å². The highest BCUT2D eigenvalue weighted by Gasteiger charge is 2.33. The number of ether oxygens (including phenoxy) is 1. The number of hydrogen-bond donors (Lipinski definition) is 1. The van der Waals surface area contributed by atoms with Crippen molar-refractivity contribution >= 4 is 5.97 Å². The van der Waals surface area contributed by atoms with E-state index in [0.29, 0.717) is 11.7 Å². The molecule has 1 N–H and O–H groups in total. The largest absolute Gasteiger partial charge is 0.490 e. The van der Waals surface area contributed by atoms with Gasteiger partial charge in [0.05, 0.1) is 6.10 Å². The van der Waals surface area contributed by atoms with Crippen molar-refractivity contribution in [3.63, 3.8) is 0 Å². The minimum absolute atomic E-state index is 0.0284. The van der Waals surface area contributed by atoms with Crippen LogP contribution in [0.5, 0.6) is 5.75 Å². The third-order valence-corrected chi connectivity index (χ3v) is 3.60. The Morgan fingerprint density at radius 3 is 2.84 bits per heavy atom. The van der Waals surface area contributed by atoms with Crippen molar-refractivity contribution in [2.24, 2.45) is 11.3 Å². The monoisotopic (exact) mass is 263 g/mol. The molecule has 0 spiro atoms. The molecule has 0 bridgehead atoms. The zero-order valence-corrected chi connectivity index (χ0v) is 11.7. The molecule has 4 nitrogen and oxygen atoms in total. The summed E-state index contributed by atoms with van der Waals surface area (Å²) in [5, 5.41) is 8.92. The Morgan fingerprint density at radius 2 is 2.21 bits per heavy atom. The summed E-state index contributed by atoms with van der Waals surface area (Å²) in [6, 6.07) is 3.22. The second-order valence-electron chi connectivity index (χ2n) is 6.34. The third kappa shape index (κ3) is 3.69. The van der Waals surface area contributed by atoms with E-state index in [0.717, 1.165) is 12.8 Å². The lowest BCUT2D eigenvalue weighted by Crippen LogP contribution is -2.34. The van der Waals surface area contributed by atoms with Gasteiger partial charge in [0.2, 0.25) is 0 Å². The van der Waals surface area contributed by atoms with Crippen LogP contribution in [0.1, 0.15) is 50.5 Å². The normalized spacial score (nSPS) is 25.8. The molecule has 19 heavy (non-hydrogen) atoms. The molecule has 1 aromatic rings. The average Bonchev–Trinajstić information content (AvgIpc) is 2.26. The fourth-order valence-electron chi connectivity index (χ4n) is 3.14. The molecular formula is C15H21NO3. The topological polar surface area (TPSA) is 59.4 Å². The van der Waals surface area contributed by atoms with Crippen molar-refractivity contribution in [3.05, 3.63) is 24.0 Å². The fraction of sp³-hybridized carbons (Fsp3) is 0.600. The molecule has 104 valence electrons. The lowest BCUT2D eigenvalue weighted by molar-refractivity contribution is 0.0555. The van der Waals surface area contributed by atoms with Crippen LogP contribution in [0, 0.1) is 11.3 Å². The van der Waals surface area contributed by atoms with Gasteiger partial charge in [0.1, 0.15) is 5.75 Å². The summed E-state index contributed by atoms with van der Waals surface area (Å²) in [5.41, 5.74) is 0.311. The lowest BCUT2D eigenvalue weighted by atomic mass is 9.71. The van der Waals surface area contributed by atoms with E-state index < -0.39 is 5.97 Å². The SMILES string of the molecule is CC1CC(Oc2ccnc(C(=O)O)c2)CC(C)(C)C1. The Labute approximate surface area is 113 Å². The van der Waals surface area contributed by atoms with E-state index in [1.807, 2.05) is 0 Å². The van der Waals surface area contributed by atoms with Crippen LogP contribution in [0.4, 0.5) is 0 Å². The maximum atomic E-state index is 10.9. The first-order valence-electron chi connectivity index (χ1n) is 6.72. The van der Waals surface area contributed by atoms with Gasteiger partial charge in [-0.15, -0.1) is 0 Å². The molecule has 1 aliphatic carbocycles. The Hall–Kier alpha value is -1.58. The van der Waals surface area contributed by atoms with E-state index in [4.69, 9.17) is 9.84 Å². The first-order chi connectivity index (χ1) is 8.85. The zero-order chi connectivity index (χ0) is 14.0. The van der Waals surface area contributed by atoms with Crippen LogP contribution in [0.25, 0.3) is 0 Å². The van der Waals surface area contributed by atoms with E-state index in [-0.39, 0.29) is 17.2 Å². The van der Waals surface area contributed by atoms with E-state index in [1.54, 1.807) is 6.07 Å². The van der Waals surface area contributed by atoms with Crippen molar-refractivity contribution < 1.29 is 14.6 Å². The third-order valence-electron chi connectivity index (χ3n) is 3.60. The van der Waals surface area contributed by atoms with Crippen LogP contribution in [-0.2, 0) is 0 Å². The van der Waals surface area contributed by atoms with Crippen LogP contribution < -0.4 is 4.74 Å². The molecule has 2 atom stereocenters. The second kappa shape index (κ2) is 5.19. The van der Waals surface area contributed by atoms with Gasteiger partial charge in [0.25, 0.3) is 0 Å². The minimum atomic E-state index is -1.03. The van der Waals surface area contributed by atoms with Gasteiger partial charge < -0.3 is 9.84 Å². The predicted octanol–water partition coefficient (Wildman–Crippen LogP) is 3.37. The number of aromatic nitrogens is 1. The molecule has 1 aliphatic rings. The van der Waals surface area contributed by atoms with Gasteiger partial charge in [-0.3, -0.25) is 0 Å². The number of hydrogen-bond acceptors (Lipinski definition) is 3. The molecule has 1 fully saturated rings. The van der Waals surface area contributed by atoms with Crippen LogP contribution >= 0.6 is 0 Å². The Bertz CT molecular complexity index is 470. The fourth-order valence-corrected chi connectivity index (χ4v) is 3.14. The first kappa shape index (κ1) is 13.8. The Balaban J connectivity index is 2.08. The highest BCUT2D eigenvalue weighted by Crippen LogP contribution is 2.39. The summed E-state index contributed by atoms with van der Waals surface area (Å²) >= 11 is 0. The van der Waals surface area contributed by atoms with Crippen molar-refractivity contribution in [3.8, 4) is 5.75 Å². The Kier molecular flexibility index (Phi) is 3.78. The lowest BCUT2D eigenvalue weighted by Gasteiger charge is -2.38. The summed E-state index contributed by atoms with van der Waals surface area (Å²) in [5.74, 6) is 0.208. The van der Waals surface area contributed by atoms with Crippen LogP contribution in [0.15, 0.2) is 18.3 Å². The smallest absolute Gasteiger partial charge is 0.354 e. The number of rotatable bonds is 3. The zero-order valence-electron chi connectivity index (χ0n) is 11.7. The number of carboxylic acids is 1. The van der Waals surface area contributed by atoms with Crippen molar-refractivity contribution in [2.75, 3.05) is 0 Å². The van der Waals surface area contributed by atoms with Crippen molar-refractivity contribution in [2.45, 2.75) is 46.1 Å². The summed E-state index contributed by atoms with van der Waals surface area (Å²) in [6.45, 7) is 6.76. The molecule has 4 heteroatoms. The molecule has 0 aliphatic heterocycles. The van der Waals surface area contributed by atoms with Gasteiger partial charge >= 0.3 is 5.97 Å². The Morgan fingerprint density at radius 1 is 1.47 bits per heavy atom. The second-order valence-corrected chi connectivity index (χ2v) is 6.34. The standard InChI is InChI=1S/C15H21NO3/c1-10-6-12(9-15(2,3)8-10)19-11-4-5-16-13(7-11)14(17)18/h4-5,7,10,12H,6,8-9H2,1-3H3,(H,17,18). The van der Waals surface area contributed by atoms with E-state index in [2.05, 4.69) is 25.8 Å². The highest BCUT2D eigenvalue weighted by molar-refractivity contribution is 5.85. The van der Waals surface area contributed by atoms with Gasteiger partial charge in [0, 0.05) is 12.3 Å². The maximum Gasteiger partial charge on any atom is 0.354 e. The van der Waals surface area contributed by atoms with Crippen molar-refractivity contribution in [1.29, 1.82) is 0 Å². The summed E-state index contributed by atoms with van der Waals surface area (Å²) < 4.78 is 5.95. The van der Waals surface area contributed by atoms with E-state index >= 15 is 0 Å². The van der Waals surface area contributed by atoms with Gasteiger partial charge in [-0.2, -0.15) is 0 Å². The van der Waals surface area contributed by atoms with Gasteiger partial charge in [-0.25, -0.2) is 9.78 Å². The van der Waals surface area contributed by atoms with E-state index in [1.165, 1.54) is 18.7 Å².